The van der Waals surface area contributed by atoms with Crippen molar-refractivity contribution in [2.75, 3.05) is 5.32 Å². The van der Waals surface area contributed by atoms with Gasteiger partial charge in [-0.2, -0.15) is 0 Å². The largest absolute Gasteiger partial charge is 0.444 e. The first-order valence-corrected chi connectivity index (χ1v) is 9.61. The average Bonchev–Trinajstić information content (AvgIpc) is 2.56. The normalized spacial score (nSPS) is 18.2. The molecule has 0 saturated heterocycles. The van der Waals surface area contributed by atoms with Gasteiger partial charge in [0, 0.05) is 19.0 Å². The number of carbonyl (C=O) groups excluding carboxylic acids is 2. The Hall–Kier alpha value is -1.96. The van der Waals surface area contributed by atoms with E-state index in [2.05, 4.69) is 15.6 Å². The van der Waals surface area contributed by atoms with Crippen molar-refractivity contribution in [1.29, 1.82) is 0 Å². The van der Waals surface area contributed by atoms with Crippen LogP contribution in [0.2, 0.25) is 5.02 Å². The van der Waals surface area contributed by atoms with Crippen LogP contribution in [0.3, 0.4) is 0 Å². The second kappa shape index (κ2) is 9.03. The summed E-state index contributed by atoms with van der Waals surface area (Å²) in [7, 11) is 0. The summed E-state index contributed by atoms with van der Waals surface area (Å²) in [5, 5.41) is 5.60. The Bertz CT molecular complexity index is 683. The van der Waals surface area contributed by atoms with Crippen molar-refractivity contribution >= 4 is 29.4 Å². The average molecular weight is 418 g/mol. The lowest BCUT2D eigenvalue weighted by Crippen LogP contribution is -2.47. The Morgan fingerprint density at radius 1 is 1.32 bits per heavy atom. The van der Waals surface area contributed by atoms with Crippen LogP contribution in [0.4, 0.5) is 19.4 Å². The third kappa shape index (κ3) is 7.58. The third-order valence-electron chi connectivity index (χ3n) is 4.39. The highest BCUT2D eigenvalue weighted by Gasteiger charge is 2.37. The van der Waals surface area contributed by atoms with Crippen molar-refractivity contribution in [3.8, 4) is 0 Å². The molecule has 2 N–H and O–H groups in total. The quantitative estimate of drug-likeness (QED) is 0.722. The van der Waals surface area contributed by atoms with Gasteiger partial charge < -0.3 is 15.4 Å². The molecule has 9 heteroatoms. The molecule has 1 saturated carbocycles. The lowest BCUT2D eigenvalue weighted by Gasteiger charge is -2.31. The number of ether oxygens (including phenoxy) is 1. The topological polar surface area (TPSA) is 80.3 Å². The molecule has 1 fully saturated rings. The molecule has 0 spiro atoms. The first-order valence-electron chi connectivity index (χ1n) is 9.23. The molecule has 1 aromatic heterocycles. The number of carbonyl (C=O) groups is 2. The van der Waals surface area contributed by atoms with Gasteiger partial charge in [0.05, 0.1) is 5.02 Å². The number of pyridine rings is 1. The molecule has 1 unspecified atom stereocenters. The van der Waals surface area contributed by atoms with E-state index in [-0.39, 0.29) is 31.0 Å². The first-order chi connectivity index (χ1) is 12.9. The number of alkyl carbamates (subject to hydrolysis) is 1. The van der Waals surface area contributed by atoms with Gasteiger partial charge in [0.2, 0.25) is 11.8 Å². The number of nitrogens with zero attached hydrogens (tertiary/aromatic N) is 1. The minimum Gasteiger partial charge on any atom is -0.444 e. The molecule has 0 aromatic carbocycles. The molecule has 0 aliphatic heterocycles. The van der Waals surface area contributed by atoms with Crippen molar-refractivity contribution in [1.82, 2.24) is 10.3 Å². The fraction of sp³-hybridized carbons (Fsp3) is 0.632. The summed E-state index contributed by atoms with van der Waals surface area (Å²) in [4.78, 5) is 28.8. The molecule has 2 rings (SSSR count). The molecule has 0 radical (unpaired) electrons. The monoisotopic (exact) mass is 417 g/mol. The molecule has 1 aliphatic rings. The van der Waals surface area contributed by atoms with Gasteiger partial charge in [-0.1, -0.05) is 11.6 Å². The smallest absolute Gasteiger partial charge is 0.408 e. The second-order valence-electron chi connectivity index (χ2n) is 8.08. The number of nitrogens with one attached hydrogen (secondary N) is 2. The number of hydrogen-bond acceptors (Lipinski definition) is 4. The molecule has 28 heavy (non-hydrogen) atoms. The van der Waals surface area contributed by atoms with Crippen LogP contribution in [-0.4, -0.2) is 34.5 Å². The van der Waals surface area contributed by atoms with Gasteiger partial charge in [-0.25, -0.2) is 18.6 Å². The van der Waals surface area contributed by atoms with Gasteiger partial charge in [-0.3, -0.25) is 4.79 Å². The van der Waals surface area contributed by atoms with Crippen LogP contribution >= 0.6 is 11.6 Å². The number of rotatable bonds is 5. The van der Waals surface area contributed by atoms with E-state index in [1.807, 2.05) is 0 Å². The van der Waals surface area contributed by atoms with Crippen molar-refractivity contribution in [2.45, 2.75) is 70.4 Å². The maximum Gasteiger partial charge on any atom is 0.408 e. The maximum atomic E-state index is 13.4. The number of amides is 2. The predicted molar refractivity (Wildman–Crippen MR) is 103 cm³/mol. The molecule has 156 valence electrons. The summed E-state index contributed by atoms with van der Waals surface area (Å²) in [6.45, 7) is 5.13. The number of halogens is 3. The van der Waals surface area contributed by atoms with Crippen LogP contribution in [0.15, 0.2) is 18.3 Å². The van der Waals surface area contributed by atoms with Crippen molar-refractivity contribution < 1.29 is 23.1 Å². The highest BCUT2D eigenvalue weighted by Crippen LogP contribution is 2.38. The van der Waals surface area contributed by atoms with Gasteiger partial charge in [0.15, 0.2) is 0 Å². The van der Waals surface area contributed by atoms with E-state index in [0.717, 1.165) is 0 Å². The summed E-state index contributed by atoms with van der Waals surface area (Å²) in [6.07, 6.45) is 1.07. The summed E-state index contributed by atoms with van der Waals surface area (Å²) < 4.78 is 32.0. The number of hydrogen-bond donors (Lipinski definition) is 2. The van der Waals surface area contributed by atoms with Gasteiger partial charge in [0.1, 0.15) is 17.5 Å². The van der Waals surface area contributed by atoms with Gasteiger partial charge in [-0.05, 0) is 58.1 Å². The summed E-state index contributed by atoms with van der Waals surface area (Å²) in [5.74, 6) is -2.96. The van der Waals surface area contributed by atoms with E-state index >= 15 is 0 Å². The van der Waals surface area contributed by atoms with Crippen LogP contribution < -0.4 is 10.6 Å². The second-order valence-corrected chi connectivity index (χ2v) is 8.52. The zero-order chi connectivity index (χ0) is 20.9. The zero-order valence-corrected chi connectivity index (χ0v) is 17.0. The molecular weight excluding hydrogens is 392 g/mol. The highest BCUT2D eigenvalue weighted by atomic mass is 35.5. The van der Waals surface area contributed by atoms with Crippen molar-refractivity contribution in [3.63, 3.8) is 0 Å². The van der Waals surface area contributed by atoms with E-state index in [1.54, 1.807) is 26.8 Å². The molecule has 2 amide bonds. The van der Waals surface area contributed by atoms with E-state index in [0.29, 0.717) is 17.9 Å². The minimum atomic E-state index is -2.65. The number of alkyl halides is 2. The van der Waals surface area contributed by atoms with Crippen molar-refractivity contribution in [3.05, 3.63) is 23.4 Å². The Labute approximate surface area is 168 Å². The fourth-order valence-corrected chi connectivity index (χ4v) is 3.13. The van der Waals surface area contributed by atoms with E-state index in [1.165, 1.54) is 12.3 Å². The summed E-state index contributed by atoms with van der Waals surface area (Å²) in [6, 6.07) is 2.18. The molecular formula is C19H26ClF2N3O3. The minimum absolute atomic E-state index is 0.0940. The molecule has 1 aromatic rings. The fourth-order valence-electron chi connectivity index (χ4n) is 3.01. The third-order valence-corrected chi connectivity index (χ3v) is 4.62. The zero-order valence-electron chi connectivity index (χ0n) is 16.2. The molecule has 1 atom stereocenters. The van der Waals surface area contributed by atoms with Crippen molar-refractivity contribution in [2.24, 2.45) is 5.92 Å². The maximum absolute atomic E-state index is 13.4. The Morgan fingerprint density at radius 2 is 1.96 bits per heavy atom. The summed E-state index contributed by atoms with van der Waals surface area (Å²) >= 11 is 5.78. The van der Waals surface area contributed by atoms with Crippen LogP contribution in [0.25, 0.3) is 0 Å². The van der Waals surface area contributed by atoms with Gasteiger partial charge in [-0.15, -0.1) is 0 Å². The SMILES string of the molecule is CC(C)(C)OC(=O)NC(CC1CCC(F)(F)CC1)C(=O)Nc1ccc(Cl)cn1. The predicted octanol–water partition coefficient (Wildman–Crippen LogP) is 4.78. The Balaban J connectivity index is 2.05. The lowest BCUT2D eigenvalue weighted by molar-refractivity contribution is -0.119. The van der Waals surface area contributed by atoms with Crippen LogP contribution in [-0.2, 0) is 9.53 Å². The standard InChI is InChI=1S/C19H26ClF2N3O3/c1-18(2,3)28-17(27)24-14(10-12-6-8-19(21,22)9-7-12)16(26)25-15-5-4-13(20)11-23-15/h4-5,11-12,14H,6-10H2,1-3H3,(H,24,27)(H,23,25,26). The highest BCUT2D eigenvalue weighted by molar-refractivity contribution is 6.30. The lowest BCUT2D eigenvalue weighted by atomic mass is 9.83. The van der Waals surface area contributed by atoms with Crippen LogP contribution in [0.5, 0.6) is 0 Å². The molecule has 0 bridgehead atoms. The number of aromatic nitrogens is 1. The van der Waals surface area contributed by atoms with E-state index in [9.17, 15) is 18.4 Å². The van der Waals surface area contributed by atoms with Gasteiger partial charge >= 0.3 is 6.09 Å². The molecule has 1 heterocycles. The van der Waals surface area contributed by atoms with Crippen LogP contribution in [0.1, 0.15) is 52.9 Å². The first kappa shape index (κ1) is 22.3. The van der Waals surface area contributed by atoms with Crippen LogP contribution in [0, 0.1) is 5.92 Å². The molecule has 1 aliphatic carbocycles. The number of anilines is 1. The Kier molecular flexibility index (Phi) is 7.20. The Morgan fingerprint density at radius 3 is 2.50 bits per heavy atom. The molecule has 6 nitrogen and oxygen atoms in total. The van der Waals surface area contributed by atoms with E-state index < -0.39 is 29.6 Å². The van der Waals surface area contributed by atoms with E-state index in [4.69, 9.17) is 16.3 Å². The summed E-state index contributed by atoms with van der Waals surface area (Å²) in [5.41, 5.74) is -0.726. The van der Waals surface area contributed by atoms with Gasteiger partial charge in [0.25, 0.3) is 0 Å².